The lowest BCUT2D eigenvalue weighted by atomic mass is 9.97. The third kappa shape index (κ3) is 2.96. The minimum Gasteiger partial charge on any atom is -0.469 e. The van der Waals surface area contributed by atoms with Crippen molar-refractivity contribution in [1.29, 1.82) is 0 Å². The van der Waals surface area contributed by atoms with Gasteiger partial charge in [0, 0.05) is 24.7 Å². The molecule has 0 saturated carbocycles. The van der Waals surface area contributed by atoms with Crippen LogP contribution in [0.3, 0.4) is 0 Å². The number of amides is 1. The van der Waals surface area contributed by atoms with Crippen molar-refractivity contribution < 1.29 is 14.3 Å². The van der Waals surface area contributed by atoms with E-state index in [-0.39, 0.29) is 17.8 Å². The first-order valence-corrected chi connectivity index (χ1v) is 9.81. The van der Waals surface area contributed by atoms with Gasteiger partial charge in [0.25, 0.3) is 5.91 Å². The van der Waals surface area contributed by atoms with Crippen molar-refractivity contribution in [3.05, 3.63) is 34.8 Å². The van der Waals surface area contributed by atoms with Gasteiger partial charge in [-0.3, -0.25) is 14.0 Å². The quantitative estimate of drug-likeness (QED) is 0.660. The number of imidazole rings is 1. The number of methoxy groups -OCH3 is 1. The molecule has 0 spiro atoms. The van der Waals surface area contributed by atoms with Gasteiger partial charge in [-0.15, -0.1) is 22.7 Å². The van der Waals surface area contributed by atoms with Gasteiger partial charge in [-0.1, -0.05) is 6.07 Å². The standard InChI is InChI=1S/C17H17N3O3S2/c1-23-16(22)11-4-6-19(7-5-11)15(21)13-10-25-17-18-12(9-20(13)17)14-3-2-8-24-14/h2-3,8-11H,4-7H2,1H3. The second kappa shape index (κ2) is 6.61. The van der Waals surface area contributed by atoms with E-state index < -0.39 is 0 Å². The van der Waals surface area contributed by atoms with Crippen molar-refractivity contribution in [2.45, 2.75) is 12.8 Å². The number of thiophene rings is 1. The average molecular weight is 375 g/mol. The van der Waals surface area contributed by atoms with Gasteiger partial charge in [0.05, 0.1) is 17.9 Å². The van der Waals surface area contributed by atoms with Crippen LogP contribution in [0, 0.1) is 5.92 Å². The Bertz CT molecular complexity index is 905. The molecule has 6 nitrogen and oxygen atoms in total. The molecule has 0 aliphatic carbocycles. The van der Waals surface area contributed by atoms with E-state index in [1.807, 2.05) is 38.4 Å². The number of piperidine rings is 1. The van der Waals surface area contributed by atoms with Crippen LogP contribution in [0.25, 0.3) is 15.5 Å². The molecule has 25 heavy (non-hydrogen) atoms. The Kier molecular flexibility index (Phi) is 4.30. The highest BCUT2D eigenvalue weighted by Gasteiger charge is 2.29. The monoisotopic (exact) mass is 375 g/mol. The SMILES string of the molecule is COC(=O)C1CCN(C(=O)c2csc3nc(-c4cccs4)cn23)CC1. The number of hydrogen-bond acceptors (Lipinski definition) is 6. The van der Waals surface area contributed by atoms with Gasteiger partial charge in [-0.05, 0) is 24.3 Å². The fourth-order valence-electron chi connectivity index (χ4n) is 3.13. The molecule has 130 valence electrons. The van der Waals surface area contributed by atoms with Gasteiger partial charge in [0.15, 0.2) is 4.96 Å². The van der Waals surface area contributed by atoms with Crippen LogP contribution in [0.2, 0.25) is 0 Å². The number of hydrogen-bond donors (Lipinski definition) is 0. The lowest BCUT2D eigenvalue weighted by Gasteiger charge is -2.30. The molecule has 4 heterocycles. The zero-order valence-corrected chi connectivity index (χ0v) is 15.3. The summed E-state index contributed by atoms with van der Waals surface area (Å²) in [4.78, 5) is 32.8. The van der Waals surface area contributed by atoms with E-state index in [2.05, 4.69) is 4.98 Å². The number of thiazole rings is 1. The molecule has 1 saturated heterocycles. The maximum Gasteiger partial charge on any atom is 0.308 e. The number of esters is 1. The van der Waals surface area contributed by atoms with Gasteiger partial charge < -0.3 is 9.64 Å². The lowest BCUT2D eigenvalue weighted by molar-refractivity contribution is -0.146. The highest BCUT2D eigenvalue weighted by atomic mass is 32.1. The molecule has 0 N–H and O–H groups in total. The molecule has 1 aliphatic rings. The molecular weight excluding hydrogens is 358 g/mol. The molecule has 1 fully saturated rings. The molecule has 0 bridgehead atoms. The van der Waals surface area contributed by atoms with Gasteiger partial charge in [0.1, 0.15) is 11.4 Å². The van der Waals surface area contributed by atoms with Crippen molar-refractivity contribution in [3.8, 4) is 10.6 Å². The van der Waals surface area contributed by atoms with E-state index >= 15 is 0 Å². The third-order valence-corrected chi connectivity index (χ3v) is 6.25. The van der Waals surface area contributed by atoms with Crippen LogP contribution in [-0.2, 0) is 9.53 Å². The van der Waals surface area contributed by atoms with Crippen LogP contribution >= 0.6 is 22.7 Å². The Labute approximate surface area is 152 Å². The number of ether oxygens (including phenoxy) is 1. The van der Waals surface area contributed by atoms with Crippen LogP contribution < -0.4 is 0 Å². The fourth-order valence-corrected chi connectivity index (χ4v) is 4.65. The molecule has 3 aromatic heterocycles. The van der Waals surface area contributed by atoms with Crippen LogP contribution in [0.15, 0.2) is 29.1 Å². The summed E-state index contributed by atoms with van der Waals surface area (Å²) >= 11 is 3.10. The zero-order valence-electron chi connectivity index (χ0n) is 13.7. The fraction of sp³-hybridized carbons (Fsp3) is 0.353. The van der Waals surface area contributed by atoms with E-state index in [0.29, 0.717) is 31.6 Å². The van der Waals surface area contributed by atoms with Crippen molar-refractivity contribution in [2.75, 3.05) is 20.2 Å². The maximum absolute atomic E-state index is 12.9. The highest BCUT2D eigenvalue weighted by molar-refractivity contribution is 7.15. The Hall–Kier alpha value is -2.19. The minimum atomic E-state index is -0.180. The first-order valence-electron chi connectivity index (χ1n) is 8.05. The predicted molar refractivity (Wildman–Crippen MR) is 97.0 cm³/mol. The molecule has 4 rings (SSSR count). The number of aromatic nitrogens is 2. The summed E-state index contributed by atoms with van der Waals surface area (Å²) in [5.74, 6) is -0.292. The van der Waals surface area contributed by atoms with Crippen molar-refractivity contribution in [1.82, 2.24) is 14.3 Å². The topological polar surface area (TPSA) is 63.9 Å². The first-order chi connectivity index (χ1) is 12.2. The summed E-state index contributed by atoms with van der Waals surface area (Å²) in [7, 11) is 1.41. The summed E-state index contributed by atoms with van der Waals surface area (Å²) in [6.07, 6.45) is 3.22. The van der Waals surface area contributed by atoms with Crippen LogP contribution in [0.4, 0.5) is 0 Å². The first kappa shape index (κ1) is 16.3. The molecule has 8 heteroatoms. The molecule has 1 amide bonds. The molecular formula is C17H17N3O3S2. The second-order valence-electron chi connectivity index (χ2n) is 5.97. The summed E-state index contributed by atoms with van der Waals surface area (Å²) in [5, 5.41) is 3.87. The highest BCUT2D eigenvalue weighted by Crippen LogP contribution is 2.28. The normalized spacial score (nSPS) is 15.6. The number of fused-ring (bicyclic) bond motifs is 1. The Morgan fingerprint density at radius 1 is 1.28 bits per heavy atom. The van der Waals surface area contributed by atoms with Gasteiger partial charge in [-0.2, -0.15) is 0 Å². The van der Waals surface area contributed by atoms with E-state index in [9.17, 15) is 9.59 Å². The lowest BCUT2D eigenvalue weighted by Crippen LogP contribution is -2.40. The summed E-state index contributed by atoms with van der Waals surface area (Å²) in [6, 6.07) is 4.02. The molecule has 0 aromatic carbocycles. The van der Waals surface area contributed by atoms with Gasteiger partial charge in [0.2, 0.25) is 0 Å². The minimum absolute atomic E-state index is 0.00954. The smallest absolute Gasteiger partial charge is 0.308 e. The van der Waals surface area contributed by atoms with Crippen molar-refractivity contribution in [2.24, 2.45) is 5.92 Å². The Balaban J connectivity index is 1.54. The average Bonchev–Trinajstić information content (AvgIpc) is 3.36. The number of nitrogens with zero attached hydrogens (tertiary/aromatic N) is 3. The van der Waals surface area contributed by atoms with Gasteiger partial charge in [-0.25, -0.2) is 4.98 Å². The van der Waals surface area contributed by atoms with E-state index in [1.165, 1.54) is 18.4 Å². The van der Waals surface area contributed by atoms with E-state index in [1.54, 1.807) is 11.3 Å². The second-order valence-corrected chi connectivity index (χ2v) is 7.75. The van der Waals surface area contributed by atoms with Crippen molar-refractivity contribution >= 4 is 39.5 Å². The molecule has 0 atom stereocenters. The predicted octanol–water partition coefficient (Wildman–Crippen LogP) is 3.15. The van der Waals surface area contributed by atoms with Crippen LogP contribution in [0.5, 0.6) is 0 Å². The summed E-state index contributed by atoms with van der Waals surface area (Å²) in [6.45, 7) is 1.14. The van der Waals surface area contributed by atoms with E-state index in [4.69, 9.17) is 4.74 Å². The maximum atomic E-state index is 12.9. The zero-order chi connectivity index (χ0) is 17.4. The number of carbonyl (C=O) groups excluding carboxylic acids is 2. The number of rotatable bonds is 3. The largest absolute Gasteiger partial charge is 0.469 e. The molecule has 1 aliphatic heterocycles. The molecule has 3 aromatic rings. The molecule has 0 unspecified atom stereocenters. The molecule has 0 radical (unpaired) electrons. The van der Waals surface area contributed by atoms with Crippen LogP contribution in [0.1, 0.15) is 23.3 Å². The van der Waals surface area contributed by atoms with Gasteiger partial charge >= 0.3 is 5.97 Å². The van der Waals surface area contributed by atoms with E-state index in [0.717, 1.165) is 15.5 Å². The van der Waals surface area contributed by atoms with Crippen LogP contribution in [-0.4, -0.2) is 46.4 Å². The number of likely N-dealkylation sites (tertiary alicyclic amines) is 1. The Morgan fingerprint density at radius 2 is 2.08 bits per heavy atom. The van der Waals surface area contributed by atoms with Crippen molar-refractivity contribution in [3.63, 3.8) is 0 Å². The number of carbonyl (C=O) groups is 2. The third-order valence-electron chi connectivity index (χ3n) is 4.52. The Morgan fingerprint density at radius 3 is 2.76 bits per heavy atom. The summed E-state index contributed by atoms with van der Waals surface area (Å²) in [5.41, 5.74) is 1.52. The summed E-state index contributed by atoms with van der Waals surface area (Å²) < 4.78 is 6.67.